The Hall–Kier alpha value is -3.25. The third-order valence-electron chi connectivity index (χ3n) is 4.11. The summed E-state index contributed by atoms with van der Waals surface area (Å²) in [5.74, 6) is 0.580. The molecule has 1 aliphatic heterocycles. The van der Waals surface area contributed by atoms with E-state index in [0.717, 1.165) is 16.9 Å². The van der Waals surface area contributed by atoms with Crippen LogP contribution in [0.2, 0.25) is 5.02 Å². The zero-order valence-corrected chi connectivity index (χ0v) is 16.2. The van der Waals surface area contributed by atoms with Gasteiger partial charge in [-0.25, -0.2) is 0 Å². The summed E-state index contributed by atoms with van der Waals surface area (Å²) in [6, 6.07) is 10.2. The number of nitrogens with one attached hydrogen (secondary N) is 2. The van der Waals surface area contributed by atoms with Gasteiger partial charge in [-0.3, -0.25) is 9.59 Å². The second kappa shape index (κ2) is 8.63. The van der Waals surface area contributed by atoms with Crippen LogP contribution >= 0.6 is 11.6 Å². The standard InChI is InChI=1S/C21H19ClN2O4/c1-23-21(26)17-11-16(27-2)5-6-18(17)24-20(25)8-3-13-9-14-10-15(22)4-7-19(14)28-12-13/h3-11H,12H2,1-2H3,(H,23,26)(H,24,25)/b8-3+. The number of carbonyl (C=O) groups is 2. The van der Waals surface area contributed by atoms with Gasteiger partial charge in [0.25, 0.3) is 5.91 Å². The highest BCUT2D eigenvalue weighted by Gasteiger charge is 2.14. The van der Waals surface area contributed by atoms with E-state index in [1.807, 2.05) is 12.1 Å². The maximum Gasteiger partial charge on any atom is 0.253 e. The maximum atomic E-state index is 12.3. The largest absolute Gasteiger partial charge is 0.497 e. The Bertz CT molecular complexity index is 982. The normalized spacial score (nSPS) is 12.6. The first kappa shape index (κ1) is 19.5. The minimum Gasteiger partial charge on any atom is -0.497 e. The first-order valence-electron chi connectivity index (χ1n) is 8.52. The number of methoxy groups -OCH3 is 1. The summed E-state index contributed by atoms with van der Waals surface area (Å²) in [5.41, 5.74) is 2.38. The van der Waals surface area contributed by atoms with E-state index in [2.05, 4.69) is 10.6 Å². The molecule has 1 aliphatic rings. The highest BCUT2D eigenvalue weighted by atomic mass is 35.5. The lowest BCUT2D eigenvalue weighted by molar-refractivity contribution is -0.111. The van der Waals surface area contributed by atoms with Crippen molar-refractivity contribution in [1.29, 1.82) is 0 Å². The Kier molecular flexibility index (Phi) is 6.01. The minimum absolute atomic E-state index is 0.312. The third kappa shape index (κ3) is 4.53. The van der Waals surface area contributed by atoms with Crippen LogP contribution in [-0.2, 0) is 4.79 Å². The topological polar surface area (TPSA) is 76.7 Å². The number of hydrogen-bond donors (Lipinski definition) is 2. The van der Waals surface area contributed by atoms with Crippen LogP contribution in [0.15, 0.2) is 54.1 Å². The number of fused-ring (bicyclic) bond motifs is 1. The SMILES string of the molecule is CNC(=O)c1cc(OC)ccc1NC(=O)/C=C/C1=Cc2cc(Cl)ccc2OC1. The van der Waals surface area contributed by atoms with E-state index in [1.165, 1.54) is 20.2 Å². The van der Waals surface area contributed by atoms with Crippen molar-refractivity contribution in [2.24, 2.45) is 0 Å². The summed E-state index contributed by atoms with van der Waals surface area (Å²) in [6.45, 7) is 0.352. The van der Waals surface area contributed by atoms with Crippen molar-refractivity contribution in [2.45, 2.75) is 0 Å². The number of rotatable bonds is 5. The molecule has 1 heterocycles. The van der Waals surface area contributed by atoms with Gasteiger partial charge in [0.05, 0.1) is 18.4 Å². The van der Waals surface area contributed by atoms with Crippen molar-refractivity contribution in [3.05, 3.63) is 70.3 Å². The summed E-state index contributed by atoms with van der Waals surface area (Å²) in [7, 11) is 3.03. The smallest absolute Gasteiger partial charge is 0.253 e. The highest BCUT2D eigenvalue weighted by Crippen LogP contribution is 2.29. The molecule has 144 valence electrons. The minimum atomic E-state index is -0.367. The number of ether oxygens (including phenoxy) is 2. The first-order valence-corrected chi connectivity index (χ1v) is 8.90. The molecule has 2 N–H and O–H groups in total. The quantitative estimate of drug-likeness (QED) is 0.753. The molecule has 0 spiro atoms. The van der Waals surface area contributed by atoms with Crippen LogP contribution in [0.1, 0.15) is 15.9 Å². The molecule has 0 bridgehead atoms. The van der Waals surface area contributed by atoms with Gasteiger partial charge in [-0.2, -0.15) is 0 Å². The molecule has 2 aromatic rings. The molecule has 0 radical (unpaired) electrons. The van der Waals surface area contributed by atoms with Gasteiger partial charge in [-0.1, -0.05) is 17.7 Å². The van der Waals surface area contributed by atoms with Gasteiger partial charge < -0.3 is 20.1 Å². The Labute approximate surface area is 167 Å². The van der Waals surface area contributed by atoms with Crippen molar-refractivity contribution in [2.75, 3.05) is 26.1 Å². The molecular weight excluding hydrogens is 380 g/mol. The lowest BCUT2D eigenvalue weighted by atomic mass is 10.1. The van der Waals surface area contributed by atoms with Gasteiger partial charge in [0.1, 0.15) is 18.1 Å². The Balaban J connectivity index is 1.75. The van der Waals surface area contributed by atoms with Crippen LogP contribution in [0.25, 0.3) is 6.08 Å². The second-order valence-corrected chi connectivity index (χ2v) is 6.44. The van der Waals surface area contributed by atoms with E-state index in [-0.39, 0.29) is 11.8 Å². The van der Waals surface area contributed by atoms with Crippen LogP contribution in [-0.4, -0.2) is 32.6 Å². The van der Waals surface area contributed by atoms with Gasteiger partial charge in [-0.15, -0.1) is 0 Å². The monoisotopic (exact) mass is 398 g/mol. The highest BCUT2D eigenvalue weighted by molar-refractivity contribution is 6.30. The Morgan fingerprint density at radius 2 is 2.04 bits per heavy atom. The van der Waals surface area contributed by atoms with E-state index in [9.17, 15) is 9.59 Å². The molecule has 2 aromatic carbocycles. The van der Waals surface area contributed by atoms with Gasteiger partial charge in [0.15, 0.2) is 0 Å². The predicted octanol–water partition coefficient (Wildman–Crippen LogP) is 3.68. The number of benzene rings is 2. The maximum absolute atomic E-state index is 12.3. The van der Waals surface area contributed by atoms with Gasteiger partial charge in [-0.05, 0) is 48.0 Å². The molecule has 0 fully saturated rings. The fourth-order valence-corrected chi connectivity index (χ4v) is 2.88. The molecule has 3 rings (SSSR count). The van der Waals surface area contributed by atoms with Crippen molar-refractivity contribution in [1.82, 2.24) is 5.32 Å². The zero-order valence-electron chi connectivity index (χ0n) is 15.4. The molecule has 0 atom stereocenters. The fraction of sp³-hybridized carbons (Fsp3) is 0.143. The van der Waals surface area contributed by atoms with Gasteiger partial charge in [0.2, 0.25) is 5.91 Å². The van der Waals surface area contributed by atoms with Crippen LogP contribution in [0.3, 0.4) is 0 Å². The van der Waals surface area contributed by atoms with Gasteiger partial charge >= 0.3 is 0 Å². The van der Waals surface area contributed by atoms with E-state index >= 15 is 0 Å². The molecular formula is C21H19ClN2O4. The predicted molar refractivity (Wildman–Crippen MR) is 109 cm³/mol. The number of amides is 2. The van der Waals surface area contributed by atoms with Crippen molar-refractivity contribution in [3.8, 4) is 11.5 Å². The van der Waals surface area contributed by atoms with Gasteiger partial charge in [0, 0.05) is 23.7 Å². The molecule has 0 saturated heterocycles. The van der Waals surface area contributed by atoms with Crippen molar-refractivity contribution < 1.29 is 19.1 Å². The molecule has 0 unspecified atom stereocenters. The van der Waals surface area contributed by atoms with Crippen LogP contribution < -0.4 is 20.1 Å². The summed E-state index contributed by atoms with van der Waals surface area (Å²) >= 11 is 6.01. The third-order valence-corrected chi connectivity index (χ3v) is 4.35. The average Bonchev–Trinajstić information content (AvgIpc) is 2.71. The fourth-order valence-electron chi connectivity index (χ4n) is 2.70. The van der Waals surface area contributed by atoms with E-state index in [4.69, 9.17) is 21.1 Å². The Morgan fingerprint density at radius 1 is 1.21 bits per heavy atom. The molecule has 28 heavy (non-hydrogen) atoms. The van der Waals surface area contributed by atoms with E-state index in [1.54, 1.807) is 36.4 Å². The summed E-state index contributed by atoms with van der Waals surface area (Å²) in [4.78, 5) is 24.4. The number of hydrogen-bond acceptors (Lipinski definition) is 4. The van der Waals surface area contributed by atoms with Crippen molar-refractivity contribution in [3.63, 3.8) is 0 Å². The summed E-state index contributed by atoms with van der Waals surface area (Å²) < 4.78 is 10.8. The lowest BCUT2D eigenvalue weighted by Gasteiger charge is -2.16. The zero-order chi connectivity index (χ0) is 20.1. The number of carbonyl (C=O) groups excluding carboxylic acids is 2. The summed E-state index contributed by atoms with van der Waals surface area (Å²) in [5, 5.41) is 5.87. The molecule has 0 aliphatic carbocycles. The van der Waals surface area contributed by atoms with Crippen LogP contribution in [0, 0.1) is 0 Å². The van der Waals surface area contributed by atoms with Crippen molar-refractivity contribution >= 4 is 35.2 Å². The molecule has 6 nitrogen and oxygen atoms in total. The molecule has 0 saturated carbocycles. The van der Waals surface area contributed by atoms with E-state index < -0.39 is 0 Å². The molecule has 7 heteroatoms. The second-order valence-electron chi connectivity index (χ2n) is 6.00. The average molecular weight is 399 g/mol. The van der Waals surface area contributed by atoms with Crippen LogP contribution in [0.5, 0.6) is 11.5 Å². The summed E-state index contributed by atoms with van der Waals surface area (Å²) in [6.07, 6.45) is 4.97. The van der Waals surface area contributed by atoms with E-state index in [0.29, 0.717) is 28.6 Å². The number of halogens is 1. The Morgan fingerprint density at radius 3 is 2.79 bits per heavy atom. The lowest BCUT2D eigenvalue weighted by Crippen LogP contribution is -2.21. The number of anilines is 1. The molecule has 0 aromatic heterocycles. The molecule has 2 amide bonds. The first-order chi connectivity index (χ1) is 13.5. The van der Waals surface area contributed by atoms with Crippen LogP contribution in [0.4, 0.5) is 5.69 Å².